The molecule has 1 saturated heterocycles. The largest absolute Gasteiger partial charge is 0.337 e. The maximum absolute atomic E-state index is 13.1. The Labute approximate surface area is 215 Å². The molecule has 0 unspecified atom stereocenters. The lowest BCUT2D eigenvalue weighted by molar-refractivity contribution is 0.0715. The third-order valence-corrected chi connectivity index (χ3v) is 7.87. The van der Waals surface area contributed by atoms with E-state index in [9.17, 15) is 18.0 Å². The number of para-hydroxylation sites is 1. The first-order chi connectivity index (χ1) is 17.9. The molecule has 0 spiro atoms. The van der Waals surface area contributed by atoms with Crippen LogP contribution in [0, 0.1) is 0 Å². The van der Waals surface area contributed by atoms with Crippen molar-refractivity contribution in [1.82, 2.24) is 14.8 Å². The molecule has 0 aliphatic carbocycles. The summed E-state index contributed by atoms with van der Waals surface area (Å²) in [6, 6.07) is 16.6. The van der Waals surface area contributed by atoms with Gasteiger partial charge in [0.05, 0.1) is 16.3 Å². The van der Waals surface area contributed by atoms with Gasteiger partial charge in [-0.25, -0.2) is 8.42 Å². The first kappa shape index (κ1) is 24.6. The van der Waals surface area contributed by atoms with E-state index in [4.69, 9.17) is 0 Å². The zero-order valence-electron chi connectivity index (χ0n) is 20.2. The van der Waals surface area contributed by atoms with Crippen LogP contribution in [0.1, 0.15) is 39.3 Å². The molecule has 0 atom stereocenters. The molecule has 190 valence electrons. The van der Waals surface area contributed by atoms with Gasteiger partial charge in [0.1, 0.15) is 5.69 Å². The Hall–Kier alpha value is -4.05. The molecule has 10 heteroatoms. The number of pyridine rings is 1. The minimum atomic E-state index is -3.86. The summed E-state index contributed by atoms with van der Waals surface area (Å²) >= 11 is 0. The van der Waals surface area contributed by atoms with Crippen LogP contribution in [0.5, 0.6) is 0 Å². The summed E-state index contributed by atoms with van der Waals surface area (Å²) in [6.45, 7) is 1.83. The molecule has 9 nitrogen and oxygen atoms in total. The number of carbonyl (C=O) groups is 2. The molecule has 3 aromatic rings. The molecule has 3 heterocycles. The number of anilines is 1. The van der Waals surface area contributed by atoms with E-state index < -0.39 is 10.0 Å². The van der Waals surface area contributed by atoms with Gasteiger partial charge in [0, 0.05) is 44.2 Å². The van der Waals surface area contributed by atoms with Crippen molar-refractivity contribution >= 4 is 39.4 Å². The number of sulfonamides is 1. The SMILES string of the molecule is O=C(c1ccc(S(=O)(=O)Nc2cccc3c2N=CCC3)cc1)N1CCCN(C(=O)c2ccccn2)CC1. The lowest BCUT2D eigenvalue weighted by atomic mass is 10.0. The van der Waals surface area contributed by atoms with E-state index in [0.29, 0.717) is 55.2 Å². The Kier molecular flexibility index (Phi) is 7.00. The van der Waals surface area contributed by atoms with Gasteiger partial charge in [-0.05, 0) is 67.3 Å². The Morgan fingerprint density at radius 3 is 2.32 bits per heavy atom. The van der Waals surface area contributed by atoms with Crippen molar-refractivity contribution in [3.05, 3.63) is 83.7 Å². The number of hydrogen-bond acceptors (Lipinski definition) is 6. The Bertz CT molecular complexity index is 1440. The summed E-state index contributed by atoms with van der Waals surface area (Å²) in [5.41, 5.74) is 2.85. The van der Waals surface area contributed by atoms with Crippen LogP contribution in [-0.2, 0) is 16.4 Å². The van der Waals surface area contributed by atoms with Crippen molar-refractivity contribution in [3.63, 3.8) is 0 Å². The summed E-state index contributed by atoms with van der Waals surface area (Å²) < 4.78 is 28.7. The fourth-order valence-corrected chi connectivity index (χ4v) is 5.61. The van der Waals surface area contributed by atoms with Crippen molar-refractivity contribution in [1.29, 1.82) is 0 Å². The summed E-state index contributed by atoms with van der Waals surface area (Å²) in [4.78, 5) is 37.8. The summed E-state index contributed by atoms with van der Waals surface area (Å²) in [6.07, 6.45) is 5.66. The van der Waals surface area contributed by atoms with Crippen LogP contribution in [0.4, 0.5) is 11.4 Å². The van der Waals surface area contributed by atoms with Crippen molar-refractivity contribution < 1.29 is 18.0 Å². The van der Waals surface area contributed by atoms with Gasteiger partial charge < -0.3 is 9.80 Å². The topological polar surface area (TPSA) is 112 Å². The van der Waals surface area contributed by atoms with Crippen LogP contribution in [0.15, 0.2) is 76.7 Å². The van der Waals surface area contributed by atoms with Gasteiger partial charge in [-0.15, -0.1) is 0 Å². The van der Waals surface area contributed by atoms with Crippen LogP contribution >= 0.6 is 0 Å². The van der Waals surface area contributed by atoms with Crippen molar-refractivity contribution in [2.45, 2.75) is 24.2 Å². The van der Waals surface area contributed by atoms with E-state index in [0.717, 1.165) is 18.4 Å². The predicted molar refractivity (Wildman–Crippen MR) is 141 cm³/mol. The Balaban J connectivity index is 1.25. The molecule has 0 bridgehead atoms. The summed E-state index contributed by atoms with van der Waals surface area (Å²) in [7, 11) is -3.86. The van der Waals surface area contributed by atoms with Crippen LogP contribution in [0.2, 0.25) is 0 Å². The number of amides is 2. The predicted octanol–water partition coefficient (Wildman–Crippen LogP) is 3.52. The lowest BCUT2D eigenvalue weighted by Crippen LogP contribution is -2.37. The molecule has 2 aliphatic heterocycles. The van der Waals surface area contributed by atoms with Crippen molar-refractivity contribution in [2.75, 3.05) is 30.9 Å². The highest BCUT2D eigenvalue weighted by Gasteiger charge is 2.25. The van der Waals surface area contributed by atoms with Gasteiger partial charge in [-0.3, -0.25) is 24.3 Å². The van der Waals surface area contributed by atoms with E-state index in [1.54, 1.807) is 46.5 Å². The van der Waals surface area contributed by atoms with Crippen LogP contribution in [0.25, 0.3) is 0 Å². The third kappa shape index (κ3) is 5.39. The van der Waals surface area contributed by atoms with E-state index in [1.807, 2.05) is 12.1 Å². The van der Waals surface area contributed by atoms with Gasteiger partial charge in [0.25, 0.3) is 21.8 Å². The number of fused-ring (bicyclic) bond motifs is 1. The Morgan fingerprint density at radius 1 is 0.838 bits per heavy atom. The molecule has 1 aromatic heterocycles. The average Bonchev–Trinajstić information content (AvgIpc) is 3.19. The first-order valence-corrected chi connectivity index (χ1v) is 13.7. The van der Waals surface area contributed by atoms with Gasteiger partial charge in [0.2, 0.25) is 0 Å². The molecule has 37 heavy (non-hydrogen) atoms. The highest BCUT2D eigenvalue weighted by atomic mass is 32.2. The highest BCUT2D eigenvalue weighted by molar-refractivity contribution is 7.92. The molecule has 2 amide bonds. The minimum absolute atomic E-state index is 0.0597. The summed E-state index contributed by atoms with van der Waals surface area (Å²) in [5, 5.41) is 0. The molecular weight excluding hydrogens is 490 g/mol. The highest BCUT2D eigenvalue weighted by Crippen LogP contribution is 2.33. The fourth-order valence-electron chi connectivity index (χ4n) is 4.54. The van der Waals surface area contributed by atoms with Gasteiger partial charge in [0.15, 0.2) is 0 Å². The molecule has 2 aromatic carbocycles. The standard InChI is InChI=1S/C27H27N5O4S/c33-26(31-16-5-17-32(19-18-31)27(34)24-8-1-2-14-28-24)21-10-12-22(13-11-21)37(35,36)30-23-9-3-6-20-7-4-15-29-25(20)23/h1-3,6,8-15,30H,4-5,7,16-19H2. The van der Waals surface area contributed by atoms with E-state index in [2.05, 4.69) is 14.7 Å². The smallest absolute Gasteiger partial charge is 0.272 e. The number of nitrogens with zero attached hydrogens (tertiary/aromatic N) is 4. The zero-order chi connectivity index (χ0) is 25.8. The maximum Gasteiger partial charge on any atom is 0.272 e. The monoisotopic (exact) mass is 517 g/mol. The molecule has 0 radical (unpaired) electrons. The third-order valence-electron chi connectivity index (χ3n) is 6.49. The number of aryl methyl sites for hydroxylation is 1. The number of rotatable bonds is 5. The average molecular weight is 518 g/mol. The fraction of sp³-hybridized carbons (Fsp3) is 0.259. The summed E-state index contributed by atoms with van der Waals surface area (Å²) in [5.74, 6) is -0.349. The first-order valence-electron chi connectivity index (χ1n) is 12.2. The number of aromatic nitrogens is 1. The van der Waals surface area contributed by atoms with E-state index >= 15 is 0 Å². The van der Waals surface area contributed by atoms with E-state index in [1.165, 1.54) is 24.3 Å². The van der Waals surface area contributed by atoms with Crippen molar-refractivity contribution in [3.8, 4) is 0 Å². The van der Waals surface area contributed by atoms with Gasteiger partial charge in [-0.1, -0.05) is 18.2 Å². The number of nitrogens with one attached hydrogen (secondary N) is 1. The van der Waals surface area contributed by atoms with Gasteiger partial charge in [-0.2, -0.15) is 0 Å². The number of benzene rings is 2. The molecule has 0 saturated carbocycles. The second-order valence-electron chi connectivity index (χ2n) is 8.95. The van der Waals surface area contributed by atoms with Crippen LogP contribution < -0.4 is 4.72 Å². The number of aliphatic imine (C=N–C) groups is 1. The lowest BCUT2D eigenvalue weighted by Gasteiger charge is -2.22. The normalized spacial score (nSPS) is 15.6. The molecular formula is C27H27N5O4S. The zero-order valence-corrected chi connectivity index (χ0v) is 21.0. The van der Waals surface area contributed by atoms with Gasteiger partial charge >= 0.3 is 0 Å². The Morgan fingerprint density at radius 2 is 1.59 bits per heavy atom. The van der Waals surface area contributed by atoms with Crippen LogP contribution in [-0.4, -0.2) is 67.4 Å². The molecule has 1 fully saturated rings. The molecule has 2 aliphatic rings. The molecule has 5 rings (SSSR count). The van der Waals surface area contributed by atoms with E-state index in [-0.39, 0.29) is 16.7 Å². The second-order valence-corrected chi connectivity index (χ2v) is 10.6. The van der Waals surface area contributed by atoms with Crippen LogP contribution in [0.3, 0.4) is 0 Å². The quantitative estimate of drug-likeness (QED) is 0.557. The molecule has 1 N–H and O–H groups in total. The second kappa shape index (κ2) is 10.5. The maximum atomic E-state index is 13.1. The van der Waals surface area contributed by atoms with Crippen molar-refractivity contribution in [2.24, 2.45) is 4.99 Å². The number of carbonyl (C=O) groups excluding carboxylic acids is 2. The number of hydrogen-bond donors (Lipinski definition) is 1. The minimum Gasteiger partial charge on any atom is -0.337 e.